The van der Waals surface area contributed by atoms with Gasteiger partial charge in [0.25, 0.3) is 5.91 Å². The summed E-state index contributed by atoms with van der Waals surface area (Å²) in [6.45, 7) is 6.99. The van der Waals surface area contributed by atoms with E-state index >= 15 is 0 Å². The molecule has 29 heavy (non-hydrogen) atoms. The molecule has 0 radical (unpaired) electrons. The lowest BCUT2D eigenvalue weighted by atomic mass is 10.1. The lowest BCUT2D eigenvalue weighted by molar-refractivity contribution is 0.0953. The Hall–Kier alpha value is -2.09. The fraction of sp³-hybridized carbons (Fsp3) is 0.391. The first-order valence-electron chi connectivity index (χ1n) is 10.2. The van der Waals surface area contributed by atoms with Gasteiger partial charge in [0, 0.05) is 25.2 Å². The van der Waals surface area contributed by atoms with Crippen molar-refractivity contribution in [2.45, 2.75) is 39.7 Å². The monoisotopic (exact) mass is 508 g/mol. The van der Waals surface area contributed by atoms with Gasteiger partial charge in [0.2, 0.25) is 0 Å². The van der Waals surface area contributed by atoms with Gasteiger partial charge < -0.3 is 16.0 Å². The molecular formula is C23H33IN4O. The third kappa shape index (κ3) is 9.78. The Bertz CT molecular complexity index is 750. The predicted octanol–water partition coefficient (Wildman–Crippen LogP) is 4.13. The average molecular weight is 508 g/mol. The molecule has 0 aliphatic rings. The smallest absolute Gasteiger partial charge is 0.251 e. The normalized spacial score (nSPS) is 10.8. The molecule has 158 valence electrons. The maximum Gasteiger partial charge on any atom is 0.251 e. The van der Waals surface area contributed by atoms with E-state index in [0.29, 0.717) is 18.7 Å². The molecule has 0 heterocycles. The summed E-state index contributed by atoms with van der Waals surface area (Å²) in [7, 11) is 0. The van der Waals surface area contributed by atoms with E-state index in [1.165, 1.54) is 5.56 Å². The number of carbonyl (C=O) groups excluding carboxylic acids is 1. The molecule has 6 heteroatoms. The van der Waals surface area contributed by atoms with Crippen LogP contribution >= 0.6 is 24.0 Å². The van der Waals surface area contributed by atoms with Gasteiger partial charge in [0.15, 0.2) is 5.96 Å². The quantitative estimate of drug-likeness (QED) is 0.196. The molecule has 0 aliphatic heterocycles. The largest absolute Gasteiger partial charge is 0.357 e. The van der Waals surface area contributed by atoms with Gasteiger partial charge in [-0.15, -0.1) is 24.0 Å². The fourth-order valence-corrected chi connectivity index (χ4v) is 2.81. The van der Waals surface area contributed by atoms with Crippen molar-refractivity contribution >= 4 is 35.8 Å². The summed E-state index contributed by atoms with van der Waals surface area (Å²) in [4.78, 5) is 16.8. The number of amides is 1. The van der Waals surface area contributed by atoms with E-state index in [-0.39, 0.29) is 29.9 Å². The Kier molecular flexibility index (Phi) is 12.8. The average Bonchev–Trinajstić information content (AvgIpc) is 2.74. The minimum absolute atomic E-state index is 0. The molecule has 0 atom stereocenters. The Morgan fingerprint density at radius 3 is 2.38 bits per heavy atom. The van der Waals surface area contributed by atoms with Crippen LogP contribution in [0, 0.1) is 0 Å². The van der Waals surface area contributed by atoms with Gasteiger partial charge in [-0.05, 0) is 49.4 Å². The molecule has 0 aliphatic carbocycles. The molecule has 2 aromatic rings. The standard InChI is InChI=1S/C23H32N4O.HI/c1-3-15-25-22(28)21-14-8-12-20(17-21)18-27-23(24-4-2)26-16-9-13-19-10-6-5-7-11-19;/h5-8,10-12,14,17H,3-4,9,13,15-16,18H2,1-2H3,(H,25,28)(H2,24,26,27);1H. The maximum atomic E-state index is 12.1. The van der Waals surface area contributed by atoms with Crippen molar-refractivity contribution < 1.29 is 4.79 Å². The zero-order valence-electron chi connectivity index (χ0n) is 17.4. The van der Waals surface area contributed by atoms with Crippen molar-refractivity contribution in [1.29, 1.82) is 0 Å². The lowest BCUT2D eigenvalue weighted by Crippen LogP contribution is -2.37. The third-order valence-corrected chi connectivity index (χ3v) is 4.27. The van der Waals surface area contributed by atoms with Gasteiger partial charge in [0.1, 0.15) is 0 Å². The number of carbonyl (C=O) groups is 1. The highest BCUT2D eigenvalue weighted by Crippen LogP contribution is 2.07. The van der Waals surface area contributed by atoms with Gasteiger partial charge in [-0.1, -0.05) is 49.4 Å². The Morgan fingerprint density at radius 1 is 0.897 bits per heavy atom. The Labute approximate surface area is 191 Å². The number of hydrogen-bond donors (Lipinski definition) is 3. The molecule has 2 rings (SSSR count). The predicted molar refractivity (Wildman–Crippen MR) is 132 cm³/mol. The van der Waals surface area contributed by atoms with Crippen LogP contribution in [0.5, 0.6) is 0 Å². The number of hydrogen-bond acceptors (Lipinski definition) is 2. The number of nitrogens with one attached hydrogen (secondary N) is 3. The summed E-state index contributed by atoms with van der Waals surface area (Å²) in [5.74, 6) is 0.773. The van der Waals surface area contributed by atoms with Crippen LogP contribution in [0.25, 0.3) is 0 Å². The number of guanidine groups is 1. The highest BCUT2D eigenvalue weighted by molar-refractivity contribution is 14.0. The van der Waals surface area contributed by atoms with Gasteiger partial charge in [-0.3, -0.25) is 4.79 Å². The first-order valence-corrected chi connectivity index (χ1v) is 10.2. The Balaban J connectivity index is 0.00000420. The van der Waals surface area contributed by atoms with Crippen LogP contribution in [0.1, 0.15) is 48.2 Å². The molecule has 2 aromatic carbocycles. The lowest BCUT2D eigenvalue weighted by Gasteiger charge is -2.11. The molecule has 0 spiro atoms. The summed E-state index contributed by atoms with van der Waals surface area (Å²) in [6, 6.07) is 18.2. The van der Waals surface area contributed by atoms with E-state index < -0.39 is 0 Å². The molecule has 1 amide bonds. The van der Waals surface area contributed by atoms with E-state index in [0.717, 1.165) is 43.9 Å². The summed E-state index contributed by atoms with van der Waals surface area (Å²) in [6.07, 6.45) is 3.02. The van der Waals surface area contributed by atoms with Crippen molar-refractivity contribution in [2.75, 3.05) is 19.6 Å². The zero-order chi connectivity index (χ0) is 20.0. The minimum atomic E-state index is -0.0291. The second-order valence-corrected chi connectivity index (χ2v) is 6.67. The maximum absolute atomic E-state index is 12.1. The molecule has 3 N–H and O–H groups in total. The van der Waals surface area contributed by atoms with Gasteiger partial charge in [-0.25, -0.2) is 4.99 Å². The van der Waals surface area contributed by atoms with Crippen molar-refractivity contribution in [2.24, 2.45) is 4.99 Å². The van der Waals surface area contributed by atoms with Crippen LogP contribution in [-0.2, 0) is 13.0 Å². The van der Waals surface area contributed by atoms with Crippen LogP contribution in [0.15, 0.2) is 59.6 Å². The second kappa shape index (κ2) is 14.8. The second-order valence-electron chi connectivity index (χ2n) is 6.67. The van der Waals surface area contributed by atoms with Crippen LogP contribution < -0.4 is 16.0 Å². The van der Waals surface area contributed by atoms with E-state index in [9.17, 15) is 4.79 Å². The SMILES string of the molecule is CCCNC(=O)c1cccc(CN=C(NCC)NCCCc2ccccc2)c1.I. The molecule has 5 nitrogen and oxygen atoms in total. The number of rotatable bonds is 10. The molecule has 0 saturated heterocycles. The summed E-state index contributed by atoms with van der Waals surface area (Å²) >= 11 is 0. The van der Waals surface area contributed by atoms with Crippen LogP contribution in [0.2, 0.25) is 0 Å². The van der Waals surface area contributed by atoms with Crippen molar-refractivity contribution in [3.05, 3.63) is 71.3 Å². The van der Waals surface area contributed by atoms with Gasteiger partial charge >= 0.3 is 0 Å². The first-order chi connectivity index (χ1) is 13.7. The molecule has 0 aromatic heterocycles. The topological polar surface area (TPSA) is 65.5 Å². The van der Waals surface area contributed by atoms with Crippen molar-refractivity contribution in [3.63, 3.8) is 0 Å². The van der Waals surface area contributed by atoms with Crippen LogP contribution in [0.3, 0.4) is 0 Å². The molecule has 0 unspecified atom stereocenters. The molecule has 0 bridgehead atoms. The Morgan fingerprint density at radius 2 is 1.66 bits per heavy atom. The highest BCUT2D eigenvalue weighted by atomic mass is 127. The molecular weight excluding hydrogens is 475 g/mol. The molecule has 0 fully saturated rings. The van der Waals surface area contributed by atoms with E-state index in [1.807, 2.05) is 37.3 Å². The molecule has 0 saturated carbocycles. The highest BCUT2D eigenvalue weighted by Gasteiger charge is 2.05. The van der Waals surface area contributed by atoms with E-state index in [4.69, 9.17) is 0 Å². The number of halogens is 1. The summed E-state index contributed by atoms with van der Waals surface area (Å²) in [5.41, 5.74) is 3.05. The number of aryl methyl sites for hydroxylation is 1. The van der Waals surface area contributed by atoms with Crippen molar-refractivity contribution in [1.82, 2.24) is 16.0 Å². The van der Waals surface area contributed by atoms with E-state index in [2.05, 4.69) is 52.1 Å². The fourth-order valence-electron chi connectivity index (χ4n) is 2.81. The van der Waals surface area contributed by atoms with Crippen molar-refractivity contribution in [3.8, 4) is 0 Å². The van der Waals surface area contributed by atoms with Crippen LogP contribution in [0.4, 0.5) is 0 Å². The van der Waals surface area contributed by atoms with Gasteiger partial charge in [0.05, 0.1) is 6.54 Å². The number of benzene rings is 2. The number of aliphatic imine (C=N–C) groups is 1. The van der Waals surface area contributed by atoms with Crippen LogP contribution in [-0.4, -0.2) is 31.5 Å². The minimum Gasteiger partial charge on any atom is -0.357 e. The third-order valence-electron chi connectivity index (χ3n) is 4.27. The van der Waals surface area contributed by atoms with Gasteiger partial charge in [-0.2, -0.15) is 0 Å². The first kappa shape index (κ1) is 24.9. The zero-order valence-corrected chi connectivity index (χ0v) is 19.7. The summed E-state index contributed by atoms with van der Waals surface area (Å²) in [5, 5.41) is 9.57. The van der Waals surface area contributed by atoms with E-state index in [1.54, 1.807) is 0 Å². The number of nitrogens with zero attached hydrogens (tertiary/aromatic N) is 1. The summed E-state index contributed by atoms with van der Waals surface area (Å²) < 4.78 is 0.